The molecule has 1 N–H and O–H groups in total. The molecule has 3 aromatic rings. The molecule has 0 saturated carbocycles. The summed E-state index contributed by atoms with van der Waals surface area (Å²) in [4.78, 5) is 23.5. The lowest BCUT2D eigenvalue weighted by atomic mass is 10.2. The van der Waals surface area contributed by atoms with Gasteiger partial charge >= 0.3 is 0 Å². The van der Waals surface area contributed by atoms with Crippen molar-refractivity contribution in [1.82, 2.24) is 15.2 Å². The molecule has 0 bridgehead atoms. The van der Waals surface area contributed by atoms with Crippen molar-refractivity contribution in [3.05, 3.63) is 77.1 Å². The maximum atomic E-state index is 13.1. The van der Waals surface area contributed by atoms with Crippen LogP contribution in [-0.2, 0) is 11.3 Å². The highest BCUT2D eigenvalue weighted by Gasteiger charge is 2.18. The Bertz CT molecular complexity index is 1060. The number of piperazine rings is 1. The van der Waals surface area contributed by atoms with Gasteiger partial charge in [0.05, 0.1) is 0 Å². The number of rotatable bonds is 6. The molecule has 2 aromatic heterocycles. The number of thiophene rings is 1. The number of carbonyl (C=O) groups is 1. The van der Waals surface area contributed by atoms with E-state index in [-0.39, 0.29) is 11.7 Å². The Balaban J connectivity index is 1.35. The number of pyridine rings is 1. The number of anilines is 1. The molecule has 1 aliphatic rings. The topological polar surface area (TPSA) is 48.5 Å². The predicted octanol–water partition coefficient (Wildman–Crippen LogP) is 4.03. The number of amides is 1. The van der Waals surface area contributed by atoms with Gasteiger partial charge in [-0.3, -0.25) is 4.79 Å². The van der Waals surface area contributed by atoms with Crippen LogP contribution in [-0.4, -0.2) is 49.0 Å². The smallest absolute Gasteiger partial charge is 0.244 e. The zero-order valence-corrected chi connectivity index (χ0v) is 18.2. The minimum absolute atomic E-state index is 0.148. The second-order valence-electron chi connectivity index (χ2n) is 7.54. The van der Waals surface area contributed by atoms with Gasteiger partial charge in [-0.05, 0) is 49.0 Å². The molecule has 5 nitrogen and oxygen atoms in total. The van der Waals surface area contributed by atoms with E-state index < -0.39 is 0 Å². The summed E-state index contributed by atoms with van der Waals surface area (Å²) in [5, 5.41) is 2.96. The molecule has 0 radical (unpaired) electrons. The molecule has 7 heteroatoms. The number of nitrogens with one attached hydrogen (secondary N) is 1. The fraction of sp³-hybridized carbons (Fsp3) is 0.250. The maximum Gasteiger partial charge on any atom is 0.244 e. The van der Waals surface area contributed by atoms with Crippen LogP contribution in [0.5, 0.6) is 0 Å². The quantitative estimate of drug-likeness (QED) is 0.593. The second kappa shape index (κ2) is 9.85. The highest BCUT2D eigenvalue weighted by Crippen LogP contribution is 2.29. The van der Waals surface area contributed by atoms with Crippen molar-refractivity contribution in [2.24, 2.45) is 0 Å². The zero-order valence-electron chi connectivity index (χ0n) is 17.4. The predicted molar refractivity (Wildman–Crippen MR) is 125 cm³/mol. The fourth-order valence-electron chi connectivity index (χ4n) is 3.48. The van der Waals surface area contributed by atoms with Crippen molar-refractivity contribution in [1.29, 1.82) is 0 Å². The Hall–Kier alpha value is -3.03. The SMILES string of the molecule is CN1CCN(c2ncccc2CNC(=O)/C=C/c2ccc(-c3ccc(F)cc3)s2)CC1. The van der Waals surface area contributed by atoms with Crippen LogP contribution >= 0.6 is 11.3 Å². The van der Waals surface area contributed by atoms with E-state index in [0.717, 1.165) is 52.9 Å². The van der Waals surface area contributed by atoms with Gasteiger partial charge in [-0.15, -0.1) is 11.3 Å². The Labute approximate surface area is 185 Å². The van der Waals surface area contributed by atoms with Crippen LogP contribution in [0, 0.1) is 5.82 Å². The first-order chi connectivity index (χ1) is 15.1. The van der Waals surface area contributed by atoms with Crippen LogP contribution < -0.4 is 10.2 Å². The molecular weight excluding hydrogens is 411 g/mol. The van der Waals surface area contributed by atoms with Gasteiger partial charge in [0.25, 0.3) is 0 Å². The van der Waals surface area contributed by atoms with Gasteiger partial charge in [0.2, 0.25) is 5.91 Å². The van der Waals surface area contributed by atoms with Crippen molar-refractivity contribution >= 4 is 29.1 Å². The van der Waals surface area contributed by atoms with E-state index in [1.165, 1.54) is 12.1 Å². The first-order valence-corrected chi connectivity index (χ1v) is 11.1. The van der Waals surface area contributed by atoms with Crippen LogP contribution in [0.2, 0.25) is 0 Å². The summed E-state index contributed by atoms with van der Waals surface area (Å²) in [7, 11) is 2.12. The molecule has 0 atom stereocenters. The molecule has 1 aromatic carbocycles. The first kappa shape index (κ1) is 21.2. The first-order valence-electron chi connectivity index (χ1n) is 10.3. The maximum absolute atomic E-state index is 13.1. The zero-order chi connectivity index (χ0) is 21.6. The van der Waals surface area contributed by atoms with Crippen molar-refractivity contribution in [3.63, 3.8) is 0 Å². The number of halogens is 1. The van der Waals surface area contributed by atoms with Gasteiger partial charge < -0.3 is 15.1 Å². The summed E-state index contributed by atoms with van der Waals surface area (Å²) < 4.78 is 13.1. The lowest BCUT2D eigenvalue weighted by Gasteiger charge is -2.34. The summed E-state index contributed by atoms with van der Waals surface area (Å²) in [5.41, 5.74) is 1.98. The summed E-state index contributed by atoms with van der Waals surface area (Å²) in [6.07, 6.45) is 5.15. The molecular formula is C24H25FN4OS. The normalized spacial score (nSPS) is 14.8. The van der Waals surface area contributed by atoms with E-state index >= 15 is 0 Å². The summed E-state index contributed by atoms with van der Waals surface area (Å²) in [6, 6.07) is 14.3. The van der Waals surface area contributed by atoms with Crippen LogP contribution in [0.15, 0.2) is 60.8 Å². The van der Waals surface area contributed by atoms with Gasteiger partial charge in [0, 0.05) is 60.3 Å². The van der Waals surface area contributed by atoms with E-state index in [1.807, 2.05) is 24.3 Å². The van der Waals surface area contributed by atoms with Crippen molar-refractivity contribution in [3.8, 4) is 10.4 Å². The summed E-state index contributed by atoms with van der Waals surface area (Å²) >= 11 is 1.56. The molecule has 160 valence electrons. The van der Waals surface area contributed by atoms with Crippen LogP contribution in [0.3, 0.4) is 0 Å². The van der Waals surface area contributed by atoms with Crippen molar-refractivity contribution in [2.75, 3.05) is 38.1 Å². The Morgan fingerprint density at radius 2 is 1.90 bits per heavy atom. The van der Waals surface area contributed by atoms with E-state index in [1.54, 1.807) is 41.8 Å². The summed E-state index contributed by atoms with van der Waals surface area (Å²) in [6.45, 7) is 4.31. The van der Waals surface area contributed by atoms with Gasteiger partial charge in [-0.1, -0.05) is 18.2 Å². The van der Waals surface area contributed by atoms with E-state index in [9.17, 15) is 9.18 Å². The molecule has 1 fully saturated rings. The number of hydrogen-bond acceptors (Lipinski definition) is 5. The number of carbonyl (C=O) groups excluding carboxylic acids is 1. The second-order valence-corrected chi connectivity index (χ2v) is 8.65. The number of nitrogens with zero attached hydrogens (tertiary/aromatic N) is 3. The molecule has 31 heavy (non-hydrogen) atoms. The average molecular weight is 437 g/mol. The number of hydrogen-bond donors (Lipinski definition) is 1. The summed E-state index contributed by atoms with van der Waals surface area (Å²) in [5.74, 6) is 0.550. The van der Waals surface area contributed by atoms with Crippen molar-refractivity contribution in [2.45, 2.75) is 6.54 Å². The molecule has 4 rings (SSSR count). The molecule has 3 heterocycles. The van der Waals surface area contributed by atoms with Crippen LogP contribution in [0.1, 0.15) is 10.4 Å². The standard InChI is InChI=1S/C24H25FN4OS/c1-28-13-15-29(16-14-28)24-19(3-2-12-26-24)17-27-23(30)11-9-21-8-10-22(31-21)18-4-6-20(25)7-5-18/h2-12H,13-17H2,1H3,(H,27,30)/b11-9+. The van der Waals surface area contributed by atoms with Gasteiger partial charge in [-0.2, -0.15) is 0 Å². The molecule has 1 saturated heterocycles. The number of benzene rings is 1. The third kappa shape index (κ3) is 5.57. The number of likely N-dealkylation sites (N-methyl/N-ethyl adjacent to an activating group) is 1. The van der Waals surface area contributed by atoms with Crippen LogP contribution in [0.25, 0.3) is 16.5 Å². The van der Waals surface area contributed by atoms with E-state index in [0.29, 0.717) is 6.54 Å². The van der Waals surface area contributed by atoms with Gasteiger partial charge in [-0.25, -0.2) is 9.37 Å². The average Bonchev–Trinajstić information content (AvgIpc) is 3.27. The van der Waals surface area contributed by atoms with Crippen molar-refractivity contribution < 1.29 is 9.18 Å². The molecule has 0 unspecified atom stereocenters. The molecule has 0 spiro atoms. The highest BCUT2D eigenvalue weighted by molar-refractivity contribution is 7.16. The monoisotopic (exact) mass is 436 g/mol. The third-order valence-electron chi connectivity index (χ3n) is 5.28. The minimum atomic E-state index is -0.249. The fourth-order valence-corrected chi connectivity index (χ4v) is 4.40. The Morgan fingerprint density at radius 3 is 2.68 bits per heavy atom. The lowest BCUT2D eigenvalue weighted by molar-refractivity contribution is -0.116. The number of aromatic nitrogens is 1. The van der Waals surface area contributed by atoms with Crippen LogP contribution in [0.4, 0.5) is 10.2 Å². The van der Waals surface area contributed by atoms with E-state index in [4.69, 9.17) is 0 Å². The lowest BCUT2D eigenvalue weighted by Crippen LogP contribution is -2.45. The Kier molecular flexibility index (Phi) is 6.74. The van der Waals surface area contributed by atoms with Gasteiger partial charge in [0.15, 0.2) is 0 Å². The molecule has 0 aliphatic carbocycles. The largest absolute Gasteiger partial charge is 0.354 e. The Morgan fingerprint density at radius 1 is 1.13 bits per heavy atom. The van der Waals surface area contributed by atoms with E-state index in [2.05, 4.69) is 27.1 Å². The molecule has 1 amide bonds. The minimum Gasteiger partial charge on any atom is -0.354 e. The highest BCUT2D eigenvalue weighted by atomic mass is 32.1. The third-order valence-corrected chi connectivity index (χ3v) is 6.38. The molecule has 1 aliphatic heterocycles. The van der Waals surface area contributed by atoms with Gasteiger partial charge in [0.1, 0.15) is 11.6 Å².